The molecule has 3 N–H and O–H groups in total. The first-order chi connectivity index (χ1) is 10.5. The van der Waals surface area contributed by atoms with Gasteiger partial charge in [-0.25, -0.2) is 4.79 Å². The zero-order valence-corrected chi connectivity index (χ0v) is 11.8. The van der Waals surface area contributed by atoms with E-state index in [-0.39, 0.29) is 29.9 Å². The van der Waals surface area contributed by atoms with E-state index < -0.39 is 17.8 Å². The lowest BCUT2D eigenvalue weighted by Gasteiger charge is -2.13. The van der Waals surface area contributed by atoms with Crippen molar-refractivity contribution in [2.45, 2.75) is 19.3 Å². The van der Waals surface area contributed by atoms with Gasteiger partial charge in [-0.05, 0) is 25.1 Å². The van der Waals surface area contributed by atoms with E-state index >= 15 is 0 Å². The minimum Gasteiger partial charge on any atom is -0.508 e. The molecule has 2 rings (SSSR count). The number of phenols is 1. The molecule has 1 saturated heterocycles. The van der Waals surface area contributed by atoms with Crippen LogP contribution in [0.25, 0.3) is 0 Å². The van der Waals surface area contributed by atoms with Crippen LogP contribution in [0.2, 0.25) is 0 Å². The van der Waals surface area contributed by atoms with Gasteiger partial charge in [-0.15, -0.1) is 5.06 Å². The molecule has 0 atom stereocenters. The molecular formula is C14H16N2O6. The average Bonchev–Trinajstić information content (AvgIpc) is 2.79. The molecule has 1 aromatic rings. The Labute approximate surface area is 126 Å². The fraction of sp³-hybridized carbons (Fsp3) is 0.357. The summed E-state index contributed by atoms with van der Waals surface area (Å²) in [4.78, 5) is 39.5. The molecule has 0 aromatic heterocycles. The minimum absolute atomic E-state index is 0.0135. The van der Waals surface area contributed by atoms with Gasteiger partial charge in [-0.3, -0.25) is 9.59 Å². The molecule has 1 aliphatic heterocycles. The Bertz CT molecular complexity index is 585. The van der Waals surface area contributed by atoms with Gasteiger partial charge in [0.25, 0.3) is 11.8 Å². The molecule has 1 aromatic carbocycles. The summed E-state index contributed by atoms with van der Waals surface area (Å²) in [5.41, 5.74) is 5.31. The van der Waals surface area contributed by atoms with E-state index in [1.54, 1.807) is 0 Å². The number of hydroxylamine groups is 2. The first-order valence-corrected chi connectivity index (χ1v) is 6.76. The number of benzene rings is 1. The van der Waals surface area contributed by atoms with Crippen LogP contribution in [-0.4, -0.2) is 41.1 Å². The zero-order chi connectivity index (χ0) is 16.1. The van der Waals surface area contributed by atoms with Crippen LogP contribution in [0, 0.1) is 0 Å². The Hall–Kier alpha value is -2.61. The van der Waals surface area contributed by atoms with Crippen LogP contribution in [0.5, 0.6) is 11.5 Å². The highest BCUT2D eigenvalue weighted by Crippen LogP contribution is 2.23. The molecule has 1 fully saturated rings. The van der Waals surface area contributed by atoms with Gasteiger partial charge in [-0.2, -0.15) is 0 Å². The maximum absolute atomic E-state index is 12.0. The Morgan fingerprint density at radius 2 is 1.91 bits per heavy atom. The Morgan fingerprint density at radius 1 is 1.23 bits per heavy atom. The molecule has 0 radical (unpaired) electrons. The molecule has 0 unspecified atom stereocenters. The summed E-state index contributed by atoms with van der Waals surface area (Å²) in [7, 11) is 0. The van der Waals surface area contributed by atoms with Crippen LogP contribution in [0.15, 0.2) is 18.2 Å². The molecule has 1 aliphatic rings. The maximum Gasteiger partial charge on any atom is 0.364 e. The largest absolute Gasteiger partial charge is 0.508 e. The van der Waals surface area contributed by atoms with Crippen LogP contribution in [0.3, 0.4) is 0 Å². The fourth-order valence-corrected chi connectivity index (χ4v) is 1.85. The molecule has 8 heteroatoms. The van der Waals surface area contributed by atoms with E-state index in [2.05, 4.69) is 0 Å². The maximum atomic E-state index is 12.0. The Morgan fingerprint density at radius 3 is 2.55 bits per heavy atom. The summed E-state index contributed by atoms with van der Waals surface area (Å²) >= 11 is 0. The van der Waals surface area contributed by atoms with Crippen LogP contribution in [0.1, 0.15) is 29.6 Å². The smallest absolute Gasteiger partial charge is 0.364 e. The van der Waals surface area contributed by atoms with Crippen LogP contribution in [-0.2, 0) is 14.4 Å². The highest BCUT2D eigenvalue weighted by Gasteiger charge is 2.33. The molecule has 0 aliphatic carbocycles. The van der Waals surface area contributed by atoms with E-state index in [4.69, 9.17) is 15.3 Å². The number of imide groups is 1. The minimum atomic E-state index is -0.928. The van der Waals surface area contributed by atoms with Gasteiger partial charge in [-0.1, -0.05) is 0 Å². The van der Waals surface area contributed by atoms with Gasteiger partial charge < -0.3 is 20.4 Å². The highest BCUT2D eigenvalue weighted by atomic mass is 16.7. The molecular weight excluding hydrogens is 292 g/mol. The van der Waals surface area contributed by atoms with Crippen LogP contribution >= 0.6 is 0 Å². The SMILES string of the molecule is NCCCOc1cc(O)cc(C(=O)ON2C(=O)CCC2=O)c1. The molecule has 8 nitrogen and oxygen atoms in total. The zero-order valence-electron chi connectivity index (χ0n) is 11.8. The highest BCUT2D eigenvalue weighted by molar-refractivity contribution is 6.02. The first kappa shape index (κ1) is 15.8. The Balaban J connectivity index is 2.08. The predicted molar refractivity (Wildman–Crippen MR) is 73.8 cm³/mol. The number of rotatable bonds is 6. The standard InChI is InChI=1S/C14H16N2O6/c15-4-1-5-21-11-7-9(6-10(17)8-11)14(20)22-16-12(18)2-3-13(16)19/h6-8,17H,1-5,15H2. The number of hydrogen-bond donors (Lipinski definition) is 2. The van der Waals surface area contributed by atoms with Crippen molar-refractivity contribution in [2.75, 3.05) is 13.2 Å². The van der Waals surface area contributed by atoms with E-state index in [9.17, 15) is 19.5 Å². The topological polar surface area (TPSA) is 119 Å². The predicted octanol–water partition coefficient (Wildman–Crippen LogP) is 0.341. The summed E-state index contributed by atoms with van der Waals surface area (Å²) < 4.78 is 5.34. The van der Waals surface area contributed by atoms with Crippen molar-refractivity contribution >= 4 is 17.8 Å². The van der Waals surface area contributed by atoms with E-state index in [0.29, 0.717) is 24.6 Å². The van der Waals surface area contributed by atoms with Crippen molar-refractivity contribution in [1.29, 1.82) is 0 Å². The molecule has 0 saturated carbocycles. The fourth-order valence-electron chi connectivity index (χ4n) is 1.85. The van der Waals surface area contributed by atoms with Gasteiger partial charge in [0.2, 0.25) is 0 Å². The van der Waals surface area contributed by atoms with Crippen molar-refractivity contribution < 1.29 is 29.1 Å². The summed E-state index contributed by atoms with van der Waals surface area (Å²) in [5, 5.41) is 10.0. The Kier molecular flexibility index (Phi) is 4.95. The number of nitrogens with zero attached hydrogens (tertiary/aromatic N) is 1. The number of amides is 2. The lowest BCUT2D eigenvalue weighted by atomic mass is 10.2. The van der Waals surface area contributed by atoms with Crippen LogP contribution in [0.4, 0.5) is 0 Å². The van der Waals surface area contributed by atoms with Gasteiger partial charge in [0.1, 0.15) is 11.5 Å². The summed E-state index contributed by atoms with van der Waals surface area (Å²) in [5.74, 6) is -2.00. The third kappa shape index (κ3) is 3.73. The quantitative estimate of drug-likeness (QED) is 0.574. The summed E-state index contributed by atoms with van der Waals surface area (Å²) in [6.45, 7) is 0.782. The number of ether oxygens (including phenoxy) is 1. The lowest BCUT2D eigenvalue weighted by Crippen LogP contribution is -2.32. The molecule has 0 spiro atoms. The van der Waals surface area contributed by atoms with Gasteiger partial charge >= 0.3 is 5.97 Å². The van der Waals surface area contributed by atoms with E-state index in [0.717, 1.165) is 6.07 Å². The van der Waals surface area contributed by atoms with Gasteiger partial charge in [0.05, 0.1) is 12.2 Å². The second-order valence-electron chi connectivity index (χ2n) is 4.67. The van der Waals surface area contributed by atoms with Crippen molar-refractivity contribution in [3.8, 4) is 11.5 Å². The number of nitrogens with two attached hydrogens (primary N) is 1. The molecule has 2 amide bonds. The van der Waals surface area contributed by atoms with E-state index in [1.165, 1.54) is 12.1 Å². The second-order valence-corrected chi connectivity index (χ2v) is 4.67. The number of hydrogen-bond acceptors (Lipinski definition) is 7. The molecule has 0 bridgehead atoms. The summed E-state index contributed by atoms with van der Waals surface area (Å²) in [6, 6.07) is 3.84. The second kappa shape index (κ2) is 6.90. The number of carbonyl (C=O) groups excluding carboxylic acids is 3. The third-order valence-corrected chi connectivity index (χ3v) is 2.92. The molecule has 22 heavy (non-hydrogen) atoms. The third-order valence-electron chi connectivity index (χ3n) is 2.92. The molecule has 1 heterocycles. The monoisotopic (exact) mass is 308 g/mol. The number of aromatic hydroxyl groups is 1. The van der Waals surface area contributed by atoms with Crippen molar-refractivity contribution in [1.82, 2.24) is 5.06 Å². The van der Waals surface area contributed by atoms with Crippen molar-refractivity contribution in [2.24, 2.45) is 5.73 Å². The van der Waals surface area contributed by atoms with Gasteiger partial charge in [0.15, 0.2) is 0 Å². The summed E-state index contributed by atoms with van der Waals surface area (Å²) in [6.07, 6.45) is 0.644. The molecule has 118 valence electrons. The van der Waals surface area contributed by atoms with Crippen molar-refractivity contribution in [3.63, 3.8) is 0 Å². The number of phenolic OH excluding ortho intramolecular Hbond substituents is 1. The number of carbonyl (C=O) groups is 3. The lowest BCUT2D eigenvalue weighted by molar-refractivity contribution is -0.172. The first-order valence-electron chi connectivity index (χ1n) is 6.76. The van der Waals surface area contributed by atoms with Crippen molar-refractivity contribution in [3.05, 3.63) is 23.8 Å². The van der Waals surface area contributed by atoms with E-state index in [1.807, 2.05) is 0 Å². The van der Waals surface area contributed by atoms with Gasteiger partial charge in [0, 0.05) is 18.9 Å². The normalized spacial score (nSPS) is 14.3. The van der Waals surface area contributed by atoms with Crippen LogP contribution < -0.4 is 10.5 Å². The average molecular weight is 308 g/mol.